The van der Waals surface area contributed by atoms with Crippen LogP contribution in [-0.4, -0.2) is 19.5 Å². The molecule has 0 saturated heterocycles. The number of fused-ring (bicyclic) bond motifs is 14. The molecule has 0 aliphatic rings. The van der Waals surface area contributed by atoms with Crippen molar-refractivity contribution >= 4 is 98.0 Å². The number of benzene rings is 10. The Labute approximate surface area is 358 Å². The monoisotopic (exact) mass is 804 g/mol. The predicted molar refractivity (Wildman–Crippen MR) is 258 cm³/mol. The molecule has 0 fully saturated rings. The topological polar surface area (TPSA) is 69.9 Å². The van der Waals surface area contributed by atoms with Crippen LogP contribution in [0.1, 0.15) is 0 Å². The molecule has 6 nitrogen and oxygen atoms in total. The normalized spacial score (nSPS) is 12.1. The Morgan fingerprint density at radius 3 is 1.94 bits per heavy atom. The van der Waals surface area contributed by atoms with Gasteiger partial charge < -0.3 is 13.4 Å². The molecule has 0 aliphatic carbocycles. The lowest BCUT2D eigenvalue weighted by atomic mass is 10.0. The van der Waals surface area contributed by atoms with E-state index in [4.69, 9.17) is 23.8 Å². The van der Waals surface area contributed by atoms with Gasteiger partial charge in [-0.05, 0) is 75.5 Å². The van der Waals surface area contributed by atoms with E-state index in [9.17, 15) is 0 Å². The number of nitrogens with zero attached hydrogens (tertiary/aromatic N) is 4. The Hall–Kier alpha value is -8.61. The Kier molecular flexibility index (Phi) is 7.02. The summed E-state index contributed by atoms with van der Waals surface area (Å²) in [6.07, 6.45) is 0. The van der Waals surface area contributed by atoms with Crippen molar-refractivity contribution in [2.75, 3.05) is 0 Å². The van der Waals surface area contributed by atoms with Gasteiger partial charge in [-0.3, -0.25) is 0 Å². The van der Waals surface area contributed by atoms with Gasteiger partial charge in [0.2, 0.25) is 0 Å². The fourth-order valence-electron chi connectivity index (χ4n) is 9.87. The van der Waals surface area contributed by atoms with Gasteiger partial charge in [0, 0.05) is 60.6 Å². The second-order valence-corrected chi connectivity index (χ2v) is 16.3. The third-order valence-corrected chi connectivity index (χ3v) is 12.8. The molecule has 63 heavy (non-hydrogen) atoms. The minimum atomic E-state index is 0.556. The van der Waals surface area contributed by atoms with E-state index in [1.165, 1.54) is 43.4 Å². The summed E-state index contributed by atoms with van der Waals surface area (Å²) < 4.78 is 15.6. The Morgan fingerprint density at radius 1 is 0.349 bits per heavy atom. The number of hydrogen-bond donors (Lipinski definition) is 0. The van der Waals surface area contributed by atoms with Gasteiger partial charge in [-0.1, -0.05) is 140 Å². The van der Waals surface area contributed by atoms with Gasteiger partial charge in [0.1, 0.15) is 22.3 Å². The van der Waals surface area contributed by atoms with Gasteiger partial charge in [-0.15, -0.1) is 0 Å². The number of rotatable bonds is 4. The van der Waals surface area contributed by atoms with Crippen LogP contribution >= 0.6 is 0 Å². The molecule has 10 aromatic carbocycles. The molecule has 0 aliphatic heterocycles. The largest absolute Gasteiger partial charge is 0.456 e. The van der Waals surface area contributed by atoms with Crippen molar-refractivity contribution in [3.05, 3.63) is 194 Å². The molecule has 0 radical (unpaired) electrons. The smallest absolute Gasteiger partial charge is 0.167 e. The molecule has 0 N–H and O–H groups in total. The van der Waals surface area contributed by atoms with Crippen molar-refractivity contribution in [3.63, 3.8) is 0 Å². The fourth-order valence-corrected chi connectivity index (χ4v) is 9.87. The molecule has 6 heteroatoms. The third kappa shape index (κ3) is 5.09. The first-order valence-corrected chi connectivity index (χ1v) is 21.2. The van der Waals surface area contributed by atoms with E-state index in [2.05, 4.69) is 138 Å². The first-order valence-electron chi connectivity index (χ1n) is 21.2. The predicted octanol–water partition coefficient (Wildman–Crippen LogP) is 15.2. The fraction of sp³-hybridized carbons (Fsp3) is 0. The van der Waals surface area contributed by atoms with Gasteiger partial charge in [0.15, 0.2) is 17.5 Å². The zero-order chi connectivity index (χ0) is 41.2. The van der Waals surface area contributed by atoms with Crippen molar-refractivity contribution in [1.29, 1.82) is 0 Å². The van der Waals surface area contributed by atoms with E-state index in [0.717, 1.165) is 77.0 Å². The van der Waals surface area contributed by atoms with Gasteiger partial charge >= 0.3 is 0 Å². The number of aromatic nitrogens is 4. The molecule has 0 saturated carbocycles. The van der Waals surface area contributed by atoms with Crippen molar-refractivity contribution in [2.45, 2.75) is 0 Å². The zero-order valence-corrected chi connectivity index (χ0v) is 33.6. The molecule has 0 bridgehead atoms. The van der Waals surface area contributed by atoms with E-state index in [1.807, 2.05) is 60.7 Å². The average molecular weight is 805 g/mol. The summed E-state index contributed by atoms with van der Waals surface area (Å²) in [5.41, 5.74) is 9.29. The minimum Gasteiger partial charge on any atom is -0.456 e. The molecular formula is C57H32N4O2. The number of para-hydroxylation sites is 2. The maximum Gasteiger partial charge on any atom is 0.167 e. The maximum absolute atomic E-state index is 6.73. The quantitative estimate of drug-likeness (QED) is 0.177. The second kappa shape index (κ2) is 12.9. The molecule has 0 spiro atoms. The summed E-state index contributed by atoms with van der Waals surface area (Å²) in [5, 5.41) is 13.7. The summed E-state index contributed by atoms with van der Waals surface area (Å²) >= 11 is 0. The molecule has 0 amide bonds. The standard InChI is InChI=1S/C57H32N4O2/c1-2-12-34(13-3-1)55-58-56(60-57(59-55)46-19-10-18-44-42-17-8-9-20-49(42)63-54(44)46)38-22-25-40-37(29-38)23-28-50-52(40)45-27-24-39(32-51(45)62-50)61-48-31-36-15-5-4-14-35(36)30-47(48)43-26-21-33-11-6-7-16-41(33)53(43)61/h1-32H. The summed E-state index contributed by atoms with van der Waals surface area (Å²) in [5.74, 6) is 1.74. The molecule has 0 unspecified atom stereocenters. The third-order valence-electron chi connectivity index (χ3n) is 12.8. The Balaban J connectivity index is 0.936. The van der Waals surface area contributed by atoms with Crippen LogP contribution in [0.25, 0.3) is 138 Å². The van der Waals surface area contributed by atoms with Crippen molar-refractivity contribution in [2.24, 2.45) is 0 Å². The summed E-state index contributed by atoms with van der Waals surface area (Å²) in [4.78, 5) is 15.2. The maximum atomic E-state index is 6.73. The Morgan fingerprint density at radius 2 is 1.05 bits per heavy atom. The van der Waals surface area contributed by atoms with Gasteiger partial charge in [0.25, 0.3) is 0 Å². The van der Waals surface area contributed by atoms with E-state index in [-0.39, 0.29) is 0 Å². The summed E-state index contributed by atoms with van der Waals surface area (Å²) in [7, 11) is 0. The molecule has 4 aromatic heterocycles. The zero-order valence-electron chi connectivity index (χ0n) is 33.6. The highest BCUT2D eigenvalue weighted by Crippen LogP contribution is 2.42. The molecule has 14 rings (SSSR count). The lowest BCUT2D eigenvalue weighted by Gasteiger charge is -2.10. The Bertz CT molecular complexity index is 4220. The lowest BCUT2D eigenvalue weighted by Crippen LogP contribution is -2.00. The number of furan rings is 2. The SMILES string of the molecule is c1ccc(-c2nc(-c3ccc4c(ccc5oc6cc(-n7c8cc9ccccc9cc8c8ccc9ccccc9c87)ccc6c54)c3)nc(-c3cccc4c3oc3ccccc34)n2)cc1. The van der Waals surface area contributed by atoms with Crippen molar-refractivity contribution in [3.8, 4) is 39.9 Å². The first-order chi connectivity index (χ1) is 31.2. The van der Waals surface area contributed by atoms with Gasteiger partial charge in [-0.2, -0.15) is 0 Å². The van der Waals surface area contributed by atoms with Crippen LogP contribution in [0.4, 0.5) is 0 Å². The van der Waals surface area contributed by atoms with Crippen LogP contribution < -0.4 is 0 Å². The highest BCUT2D eigenvalue weighted by Gasteiger charge is 2.21. The van der Waals surface area contributed by atoms with Crippen LogP contribution in [0, 0.1) is 0 Å². The van der Waals surface area contributed by atoms with Crippen LogP contribution in [0.5, 0.6) is 0 Å². The lowest BCUT2D eigenvalue weighted by molar-refractivity contribution is 0.668. The summed E-state index contributed by atoms with van der Waals surface area (Å²) in [6, 6.07) is 68.1. The van der Waals surface area contributed by atoms with Crippen LogP contribution in [0.2, 0.25) is 0 Å². The molecule has 4 heterocycles. The van der Waals surface area contributed by atoms with E-state index >= 15 is 0 Å². The second-order valence-electron chi connectivity index (χ2n) is 16.3. The van der Waals surface area contributed by atoms with Gasteiger partial charge in [-0.25, -0.2) is 15.0 Å². The number of hydrogen-bond acceptors (Lipinski definition) is 5. The highest BCUT2D eigenvalue weighted by atomic mass is 16.3. The van der Waals surface area contributed by atoms with E-state index in [0.29, 0.717) is 17.5 Å². The van der Waals surface area contributed by atoms with E-state index < -0.39 is 0 Å². The first kappa shape index (κ1) is 34.1. The van der Waals surface area contributed by atoms with Crippen LogP contribution in [0.15, 0.2) is 203 Å². The molecule has 292 valence electrons. The van der Waals surface area contributed by atoms with E-state index in [1.54, 1.807) is 0 Å². The van der Waals surface area contributed by atoms with Crippen LogP contribution in [0.3, 0.4) is 0 Å². The summed E-state index contributed by atoms with van der Waals surface area (Å²) in [6.45, 7) is 0. The van der Waals surface area contributed by atoms with Gasteiger partial charge in [0.05, 0.1) is 16.6 Å². The molecule has 14 aromatic rings. The van der Waals surface area contributed by atoms with Crippen LogP contribution in [-0.2, 0) is 0 Å². The molecular weight excluding hydrogens is 773 g/mol. The highest BCUT2D eigenvalue weighted by molar-refractivity contribution is 6.22. The minimum absolute atomic E-state index is 0.556. The average Bonchev–Trinajstić information content (AvgIpc) is 4.02. The van der Waals surface area contributed by atoms with Crippen molar-refractivity contribution in [1.82, 2.24) is 19.5 Å². The molecule has 0 atom stereocenters. The van der Waals surface area contributed by atoms with Crippen molar-refractivity contribution < 1.29 is 8.83 Å².